The molecule has 0 aliphatic carbocycles. The van der Waals surface area contributed by atoms with Crippen LogP contribution in [-0.4, -0.2) is 43.1 Å². The first kappa shape index (κ1) is 19.6. The van der Waals surface area contributed by atoms with Crippen molar-refractivity contribution in [2.24, 2.45) is 5.92 Å². The molecule has 1 aliphatic rings. The lowest BCUT2D eigenvalue weighted by atomic mass is 9.95. The van der Waals surface area contributed by atoms with Crippen molar-refractivity contribution in [2.45, 2.75) is 26.7 Å². The molecule has 0 bridgehead atoms. The molecule has 0 N–H and O–H groups in total. The number of rotatable bonds is 4. The van der Waals surface area contributed by atoms with E-state index in [4.69, 9.17) is 4.74 Å². The van der Waals surface area contributed by atoms with Gasteiger partial charge in [0.2, 0.25) is 5.91 Å². The van der Waals surface area contributed by atoms with Gasteiger partial charge in [-0.1, -0.05) is 12.1 Å². The van der Waals surface area contributed by atoms with Gasteiger partial charge < -0.3 is 14.5 Å². The first-order valence-corrected chi connectivity index (χ1v) is 10.7. The number of para-hydroxylation sites is 2. The molecular weight excluding hydrogens is 384 g/mol. The van der Waals surface area contributed by atoms with Gasteiger partial charge in [-0.25, -0.2) is 9.97 Å². The number of aryl methyl sites for hydroxylation is 2. The summed E-state index contributed by atoms with van der Waals surface area (Å²) in [4.78, 5) is 28.5. The van der Waals surface area contributed by atoms with Gasteiger partial charge in [0.1, 0.15) is 22.7 Å². The number of hydrogen-bond acceptors (Lipinski definition) is 6. The third-order valence-electron chi connectivity index (χ3n) is 5.87. The Bertz CT molecular complexity index is 1040. The van der Waals surface area contributed by atoms with Crippen molar-refractivity contribution in [3.05, 3.63) is 41.0 Å². The Labute approximate surface area is 175 Å². The van der Waals surface area contributed by atoms with Crippen LogP contribution in [0, 0.1) is 19.8 Å². The first-order valence-electron chi connectivity index (χ1n) is 9.87. The molecule has 0 atom stereocenters. The zero-order valence-electron chi connectivity index (χ0n) is 17.3. The van der Waals surface area contributed by atoms with Gasteiger partial charge in [-0.15, -0.1) is 11.3 Å². The van der Waals surface area contributed by atoms with Crippen LogP contribution in [0.2, 0.25) is 0 Å². The Hall–Kier alpha value is -2.67. The Kier molecular flexibility index (Phi) is 5.41. The number of methoxy groups -OCH3 is 1. The molecule has 29 heavy (non-hydrogen) atoms. The number of nitrogens with zero attached hydrogens (tertiary/aromatic N) is 4. The largest absolute Gasteiger partial charge is 0.495 e. The molecule has 4 rings (SSSR count). The Balaban J connectivity index is 1.49. The number of carbonyl (C=O) groups is 1. The van der Waals surface area contributed by atoms with E-state index in [-0.39, 0.29) is 11.8 Å². The summed E-state index contributed by atoms with van der Waals surface area (Å²) in [6.07, 6.45) is 3.28. The van der Waals surface area contributed by atoms with Crippen LogP contribution in [0.3, 0.4) is 0 Å². The van der Waals surface area contributed by atoms with Crippen molar-refractivity contribution in [1.82, 2.24) is 9.97 Å². The minimum absolute atomic E-state index is 0.00352. The summed E-state index contributed by atoms with van der Waals surface area (Å²) < 4.78 is 5.42. The van der Waals surface area contributed by atoms with Crippen molar-refractivity contribution in [2.75, 3.05) is 37.0 Å². The van der Waals surface area contributed by atoms with E-state index in [0.717, 1.165) is 47.7 Å². The molecular formula is C22H26N4O2S. The third kappa shape index (κ3) is 3.55. The van der Waals surface area contributed by atoms with Crippen LogP contribution in [0.5, 0.6) is 5.75 Å². The lowest BCUT2D eigenvalue weighted by molar-refractivity contribution is -0.122. The average Bonchev–Trinajstić information content (AvgIpc) is 3.06. The number of benzene rings is 1. The predicted molar refractivity (Wildman–Crippen MR) is 118 cm³/mol. The molecule has 0 spiro atoms. The van der Waals surface area contributed by atoms with E-state index in [1.54, 1.807) is 29.7 Å². The van der Waals surface area contributed by atoms with Crippen LogP contribution in [-0.2, 0) is 4.79 Å². The Morgan fingerprint density at radius 3 is 2.66 bits per heavy atom. The van der Waals surface area contributed by atoms with Crippen LogP contribution in [0.15, 0.2) is 30.6 Å². The molecule has 3 aromatic rings. The van der Waals surface area contributed by atoms with E-state index >= 15 is 0 Å². The van der Waals surface area contributed by atoms with Crippen LogP contribution in [0.4, 0.5) is 11.5 Å². The molecule has 6 nitrogen and oxygen atoms in total. The molecule has 1 fully saturated rings. The molecule has 1 aromatic carbocycles. The minimum Gasteiger partial charge on any atom is -0.495 e. The summed E-state index contributed by atoms with van der Waals surface area (Å²) in [7, 11) is 3.46. The van der Waals surface area contributed by atoms with Crippen LogP contribution in [0.1, 0.15) is 23.3 Å². The second kappa shape index (κ2) is 7.99. The zero-order chi connectivity index (χ0) is 20.5. The van der Waals surface area contributed by atoms with Crippen LogP contribution < -0.4 is 14.5 Å². The van der Waals surface area contributed by atoms with Crippen molar-refractivity contribution in [3.63, 3.8) is 0 Å². The summed E-state index contributed by atoms with van der Waals surface area (Å²) in [6.45, 7) is 5.90. The number of thiophene rings is 1. The zero-order valence-corrected chi connectivity index (χ0v) is 18.1. The van der Waals surface area contributed by atoms with E-state index < -0.39 is 0 Å². The average molecular weight is 411 g/mol. The highest BCUT2D eigenvalue weighted by atomic mass is 32.1. The molecule has 152 valence electrons. The van der Waals surface area contributed by atoms with Crippen LogP contribution >= 0.6 is 11.3 Å². The maximum atomic E-state index is 13.1. The first-order chi connectivity index (χ1) is 14.0. The summed E-state index contributed by atoms with van der Waals surface area (Å²) in [5.74, 6) is 1.86. The topological polar surface area (TPSA) is 58.6 Å². The molecule has 0 saturated carbocycles. The SMILES string of the molecule is COc1ccccc1N(C)C(=O)C1CCN(c2ncnc3sc(C)c(C)c23)CC1. The van der Waals surface area contributed by atoms with Gasteiger partial charge in [-0.3, -0.25) is 4.79 Å². The third-order valence-corrected chi connectivity index (χ3v) is 6.98. The second-order valence-corrected chi connectivity index (χ2v) is 8.69. The maximum absolute atomic E-state index is 13.1. The molecule has 7 heteroatoms. The van der Waals surface area contributed by atoms with E-state index in [0.29, 0.717) is 5.75 Å². The van der Waals surface area contributed by atoms with Gasteiger partial charge in [-0.2, -0.15) is 0 Å². The number of fused-ring (bicyclic) bond motifs is 1. The van der Waals surface area contributed by atoms with Gasteiger partial charge in [0.25, 0.3) is 0 Å². The standard InChI is InChI=1S/C22H26N4O2S/c1-14-15(2)29-21-19(14)20(23-13-24-21)26-11-9-16(10-12-26)22(27)25(3)17-7-5-6-8-18(17)28-4/h5-8,13,16H,9-12H2,1-4H3. The normalized spacial score (nSPS) is 15.0. The molecule has 0 unspecified atom stereocenters. The van der Waals surface area contributed by atoms with E-state index in [2.05, 4.69) is 28.7 Å². The number of aromatic nitrogens is 2. The van der Waals surface area contributed by atoms with Gasteiger partial charge in [0.15, 0.2) is 0 Å². The van der Waals surface area contributed by atoms with Gasteiger partial charge in [0, 0.05) is 30.9 Å². The number of carbonyl (C=O) groups excluding carboxylic acids is 1. The summed E-state index contributed by atoms with van der Waals surface area (Å²) in [6, 6.07) is 7.64. The van der Waals surface area contributed by atoms with Crippen molar-refractivity contribution < 1.29 is 9.53 Å². The van der Waals surface area contributed by atoms with Gasteiger partial charge >= 0.3 is 0 Å². The summed E-state index contributed by atoms with van der Waals surface area (Å²) in [5.41, 5.74) is 2.07. The fourth-order valence-corrected chi connectivity index (χ4v) is 5.03. The number of ether oxygens (including phenoxy) is 1. The number of amides is 1. The fourth-order valence-electron chi connectivity index (χ4n) is 4.04. The predicted octanol–water partition coefficient (Wildman–Crippen LogP) is 4.20. The van der Waals surface area contributed by atoms with Gasteiger partial charge in [0.05, 0.1) is 18.2 Å². The Morgan fingerprint density at radius 2 is 1.93 bits per heavy atom. The summed E-state index contributed by atoms with van der Waals surface area (Å²) >= 11 is 1.72. The second-order valence-electron chi connectivity index (χ2n) is 7.49. The highest BCUT2D eigenvalue weighted by Gasteiger charge is 2.30. The van der Waals surface area contributed by atoms with E-state index in [1.807, 2.05) is 31.3 Å². The monoisotopic (exact) mass is 410 g/mol. The molecule has 0 radical (unpaired) electrons. The van der Waals surface area contributed by atoms with E-state index in [9.17, 15) is 4.79 Å². The van der Waals surface area contributed by atoms with Crippen molar-refractivity contribution in [3.8, 4) is 5.75 Å². The highest BCUT2D eigenvalue weighted by molar-refractivity contribution is 7.18. The lowest BCUT2D eigenvalue weighted by Gasteiger charge is -2.34. The minimum atomic E-state index is 0.00352. The smallest absolute Gasteiger partial charge is 0.230 e. The Morgan fingerprint density at radius 1 is 1.21 bits per heavy atom. The number of hydrogen-bond donors (Lipinski definition) is 0. The van der Waals surface area contributed by atoms with E-state index in [1.165, 1.54) is 10.4 Å². The summed E-state index contributed by atoms with van der Waals surface area (Å²) in [5, 5.41) is 1.16. The van der Waals surface area contributed by atoms with Crippen molar-refractivity contribution >= 4 is 39.0 Å². The van der Waals surface area contributed by atoms with Crippen LogP contribution in [0.25, 0.3) is 10.2 Å². The van der Waals surface area contributed by atoms with Crippen molar-refractivity contribution in [1.29, 1.82) is 0 Å². The fraction of sp³-hybridized carbons (Fsp3) is 0.409. The van der Waals surface area contributed by atoms with Gasteiger partial charge in [-0.05, 0) is 44.4 Å². The maximum Gasteiger partial charge on any atom is 0.230 e. The molecule has 2 aromatic heterocycles. The molecule has 3 heterocycles. The molecule has 1 amide bonds. The highest BCUT2D eigenvalue weighted by Crippen LogP contribution is 2.36. The number of anilines is 2. The quantitative estimate of drug-likeness (QED) is 0.645. The molecule has 1 saturated heterocycles. The number of piperidine rings is 1. The molecule has 1 aliphatic heterocycles. The lowest BCUT2D eigenvalue weighted by Crippen LogP contribution is -2.41.